The molecule has 3 heterocycles. The van der Waals surface area contributed by atoms with Gasteiger partial charge in [-0.3, -0.25) is 0 Å². The predicted molar refractivity (Wildman–Crippen MR) is 122 cm³/mol. The fourth-order valence-corrected chi connectivity index (χ4v) is 6.40. The lowest BCUT2D eigenvalue weighted by atomic mass is 9.72. The van der Waals surface area contributed by atoms with E-state index in [-0.39, 0.29) is 0 Å². The summed E-state index contributed by atoms with van der Waals surface area (Å²) in [7, 11) is 0. The van der Waals surface area contributed by atoms with E-state index in [4.69, 9.17) is 0 Å². The summed E-state index contributed by atoms with van der Waals surface area (Å²) in [6.07, 6.45) is 11.2. The summed E-state index contributed by atoms with van der Waals surface area (Å²) in [5.74, 6) is 3.52. The second-order valence-electron chi connectivity index (χ2n) is 11.7. The third kappa shape index (κ3) is 6.71. The molecule has 3 rings (SSSR count). The Hall–Kier alpha value is -0.120. The highest BCUT2D eigenvalue weighted by Gasteiger charge is 2.38. The highest BCUT2D eigenvalue weighted by Crippen LogP contribution is 2.39. The number of nitrogens with zero attached hydrogens (tertiary/aromatic N) is 1. The highest BCUT2D eigenvalue weighted by molar-refractivity contribution is 4.93. The fourth-order valence-electron chi connectivity index (χ4n) is 6.40. The van der Waals surface area contributed by atoms with E-state index in [0.29, 0.717) is 5.41 Å². The molecule has 0 spiro atoms. The molecule has 3 nitrogen and oxygen atoms in total. The van der Waals surface area contributed by atoms with Gasteiger partial charge < -0.3 is 15.5 Å². The molecule has 2 N–H and O–H groups in total. The van der Waals surface area contributed by atoms with E-state index in [1.807, 2.05) is 0 Å². The Labute approximate surface area is 175 Å². The van der Waals surface area contributed by atoms with Gasteiger partial charge in [0.1, 0.15) is 0 Å². The van der Waals surface area contributed by atoms with Crippen LogP contribution in [0.25, 0.3) is 0 Å². The molecular formula is C25H49N3. The monoisotopic (exact) mass is 391 g/mol. The van der Waals surface area contributed by atoms with Crippen LogP contribution in [0.15, 0.2) is 0 Å². The minimum absolute atomic E-state index is 0.464. The molecule has 0 aliphatic carbocycles. The summed E-state index contributed by atoms with van der Waals surface area (Å²) >= 11 is 0. The molecule has 3 heteroatoms. The molecule has 0 saturated carbocycles. The van der Waals surface area contributed by atoms with Gasteiger partial charge >= 0.3 is 0 Å². The Morgan fingerprint density at radius 1 is 0.964 bits per heavy atom. The quantitative estimate of drug-likeness (QED) is 0.584. The van der Waals surface area contributed by atoms with Gasteiger partial charge in [0.05, 0.1) is 0 Å². The molecule has 0 aromatic carbocycles. The van der Waals surface area contributed by atoms with Crippen LogP contribution in [-0.4, -0.2) is 49.7 Å². The van der Waals surface area contributed by atoms with Crippen LogP contribution in [-0.2, 0) is 0 Å². The van der Waals surface area contributed by atoms with Crippen molar-refractivity contribution in [3.05, 3.63) is 0 Å². The Balaban J connectivity index is 1.35. The average molecular weight is 392 g/mol. The normalized spacial score (nSPS) is 31.7. The molecule has 3 saturated heterocycles. The predicted octanol–water partition coefficient (Wildman–Crippen LogP) is 4.92. The highest BCUT2D eigenvalue weighted by atomic mass is 15.1. The maximum absolute atomic E-state index is 3.90. The van der Waals surface area contributed by atoms with E-state index in [1.165, 1.54) is 84.1 Å². The molecule has 0 aromatic rings. The zero-order valence-corrected chi connectivity index (χ0v) is 19.6. The SMILES string of the molecule is CC(C)CC1CCN(CC(C)CC2CC(C(C)(C)C[C@H]3CCCN3)CN2)CC1. The summed E-state index contributed by atoms with van der Waals surface area (Å²) < 4.78 is 0. The summed E-state index contributed by atoms with van der Waals surface area (Å²) in [6, 6.07) is 1.51. The van der Waals surface area contributed by atoms with Crippen molar-refractivity contribution in [2.45, 2.75) is 98.1 Å². The minimum Gasteiger partial charge on any atom is -0.314 e. The average Bonchev–Trinajstić information content (AvgIpc) is 3.28. The van der Waals surface area contributed by atoms with Gasteiger partial charge in [-0.25, -0.2) is 0 Å². The van der Waals surface area contributed by atoms with Crippen LogP contribution in [0.4, 0.5) is 0 Å². The lowest BCUT2D eigenvalue weighted by Gasteiger charge is -2.35. The van der Waals surface area contributed by atoms with Crippen molar-refractivity contribution in [1.82, 2.24) is 15.5 Å². The van der Waals surface area contributed by atoms with Crippen LogP contribution < -0.4 is 10.6 Å². The van der Waals surface area contributed by atoms with Crippen molar-refractivity contribution in [3.8, 4) is 0 Å². The molecule has 164 valence electrons. The maximum atomic E-state index is 3.90. The van der Waals surface area contributed by atoms with Crippen LogP contribution in [0.1, 0.15) is 86.0 Å². The summed E-state index contributed by atoms with van der Waals surface area (Å²) in [6.45, 7) is 18.7. The summed E-state index contributed by atoms with van der Waals surface area (Å²) in [4.78, 5) is 2.75. The van der Waals surface area contributed by atoms with Gasteiger partial charge in [0.2, 0.25) is 0 Å². The molecule has 0 amide bonds. The smallest absolute Gasteiger partial charge is 0.00735 e. The van der Waals surface area contributed by atoms with Gasteiger partial charge in [0.25, 0.3) is 0 Å². The topological polar surface area (TPSA) is 27.3 Å². The zero-order valence-electron chi connectivity index (χ0n) is 19.6. The first-order chi connectivity index (χ1) is 13.3. The Morgan fingerprint density at radius 2 is 1.71 bits per heavy atom. The number of rotatable bonds is 9. The molecule has 28 heavy (non-hydrogen) atoms. The molecule has 3 fully saturated rings. The van der Waals surface area contributed by atoms with Gasteiger partial charge in [-0.15, -0.1) is 0 Å². The maximum Gasteiger partial charge on any atom is 0.00735 e. The number of nitrogens with one attached hydrogen (secondary N) is 2. The second-order valence-corrected chi connectivity index (χ2v) is 11.7. The van der Waals surface area contributed by atoms with Gasteiger partial charge in [-0.1, -0.05) is 34.6 Å². The molecule has 0 aromatic heterocycles. The number of hydrogen-bond acceptors (Lipinski definition) is 3. The Kier molecular flexibility index (Phi) is 8.27. The van der Waals surface area contributed by atoms with E-state index in [9.17, 15) is 0 Å². The minimum atomic E-state index is 0.464. The zero-order chi connectivity index (χ0) is 20.1. The first-order valence-corrected chi connectivity index (χ1v) is 12.5. The molecule has 4 atom stereocenters. The van der Waals surface area contributed by atoms with Crippen molar-refractivity contribution in [2.75, 3.05) is 32.7 Å². The first kappa shape index (κ1) is 22.6. The van der Waals surface area contributed by atoms with Crippen molar-refractivity contribution in [2.24, 2.45) is 29.1 Å². The van der Waals surface area contributed by atoms with Crippen LogP contribution in [0.5, 0.6) is 0 Å². The molecule has 0 bridgehead atoms. The standard InChI is InChI=1S/C25H49N3/c1-19(2)13-21-8-11-28(12-9-21)18-20(3)14-24-15-22(17-27-24)25(4,5)16-23-7-6-10-26-23/h19-24,26-27H,6-18H2,1-5H3/t20?,22?,23-,24?/m1/s1. The van der Waals surface area contributed by atoms with Gasteiger partial charge in [0.15, 0.2) is 0 Å². The Morgan fingerprint density at radius 3 is 2.36 bits per heavy atom. The van der Waals surface area contributed by atoms with E-state index in [2.05, 4.69) is 50.2 Å². The lowest BCUT2D eigenvalue weighted by Crippen LogP contribution is -2.38. The summed E-state index contributed by atoms with van der Waals surface area (Å²) in [5, 5.41) is 7.61. The molecule has 3 aliphatic heterocycles. The lowest BCUT2D eigenvalue weighted by molar-refractivity contribution is 0.147. The first-order valence-electron chi connectivity index (χ1n) is 12.5. The third-order valence-corrected chi connectivity index (χ3v) is 8.03. The summed E-state index contributed by atoms with van der Waals surface area (Å²) in [5.41, 5.74) is 0.464. The molecular weight excluding hydrogens is 342 g/mol. The van der Waals surface area contributed by atoms with Crippen LogP contribution in [0.2, 0.25) is 0 Å². The number of hydrogen-bond donors (Lipinski definition) is 2. The van der Waals surface area contributed by atoms with Crippen molar-refractivity contribution < 1.29 is 0 Å². The largest absolute Gasteiger partial charge is 0.314 e. The van der Waals surface area contributed by atoms with E-state index >= 15 is 0 Å². The van der Waals surface area contributed by atoms with Crippen LogP contribution >= 0.6 is 0 Å². The number of piperidine rings is 1. The van der Waals surface area contributed by atoms with Gasteiger partial charge in [0, 0.05) is 18.6 Å². The van der Waals surface area contributed by atoms with E-state index in [0.717, 1.165) is 35.8 Å². The molecule has 3 aliphatic rings. The number of likely N-dealkylation sites (tertiary alicyclic amines) is 1. The van der Waals surface area contributed by atoms with Crippen LogP contribution in [0, 0.1) is 29.1 Å². The second kappa shape index (κ2) is 10.3. The van der Waals surface area contributed by atoms with Gasteiger partial charge in [-0.2, -0.15) is 0 Å². The molecule has 3 unspecified atom stereocenters. The van der Waals surface area contributed by atoms with Crippen molar-refractivity contribution in [1.29, 1.82) is 0 Å². The Bertz CT molecular complexity index is 447. The third-order valence-electron chi connectivity index (χ3n) is 8.03. The van der Waals surface area contributed by atoms with Crippen LogP contribution in [0.3, 0.4) is 0 Å². The fraction of sp³-hybridized carbons (Fsp3) is 1.00. The van der Waals surface area contributed by atoms with Crippen molar-refractivity contribution in [3.63, 3.8) is 0 Å². The van der Waals surface area contributed by atoms with Crippen molar-refractivity contribution >= 4 is 0 Å². The molecule has 0 radical (unpaired) electrons. The van der Waals surface area contributed by atoms with E-state index < -0.39 is 0 Å². The van der Waals surface area contributed by atoms with Gasteiger partial charge in [-0.05, 0) is 107 Å². The van der Waals surface area contributed by atoms with E-state index in [1.54, 1.807) is 0 Å².